The van der Waals surface area contributed by atoms with Crippen LogP contribution in [0.3, 0.4) is 0 Å². The van der Waals surface area contributed by atoms with Crippen LogP contribution < -0.4 is 10.2 Å². The molecule has 2 rings (SSSR count). The van der Waals surface area contributed by atoms with Gasteiger partial charge in [0.15, 0.2) is 11.5 Å². The highest BCUT2D eigenvalue weighted by atomic mass is 32.2. The third-order valence-corrected chi connectivity index (χ3v) is 3.92. The molecule has 2 heterocycles. The first-order valence-electron chi connectivity index (χ1n) is 6.31. The zero-order chi connectivity index (χ0) is 13.8. The molecule has 1 unspecified atom stereocenters. The molecule has 7 heteroatoms. The van der Waals surface area contributed by atoms with Crippen molar-refractivity contribution in [2.75, 3.05) is 36.3 Å². The van der Waals surface area contributed by atoms with E-state index in [0.717, 1.165) is 23.5 Å². The summed E-state index contributed by atoms with van der Waals surface area (Å²) in [5, 5.41) is 2.99. The maximum absolute atomic E-state index is 4.57. The van der Waals surface area contributed by atoms with E-state index in [9.17, 15) is 0 Å². The van der Waals surface area contributed by atoms with Gasteiger partial charge in [0.05, 0.1) is 6.33 Å². The second-order valence-corrected chi connectivity index (χ2v) is 5.26. The van der Waals surface area contributed by atoms with E-state index < -0.39 is 0 Å². The smallest absolute Gasteiger partial charge is 0.226 e. The highest BCUT2D eigenvalue weighted by Crippen LogP contribution is 2.24. The van der Waals surface area contributed by atoms with E-state index in [1.54, 1.807) is 6.33 Å². The lowest BCUT2D eigenvalue weighted by Gasteiger charge is -2.28. The van der Waals surface area contributed by atoms with Gasteiger partial charge >= 0.3 is 0 Å². The van der Waals surface area contributed by atoms with Gasteiger partial charge in [0, 0.05) is 25.9 Å². The molecule has 0 aromatic carbocycles. The summed E-state index contributed by atoms with van der Waals surface area (Å²) in [6, 6.07) is 0.445. The molecule has 0 radical (unpaired) electrons. The number of aromatic amines is 1. The van der Waals surface area contributed by atoms with Crippen molar-refractivity contribution >= 4 is 34.7 Å². The first-order chi connectivity index (χ1) is 9.21. The van der Waals surface area contributed by atoms with Crippen molar-refractivity contribution in [3.8, 4) is 0 Å². The van der Waals surface area contributed by atoms with Gasteiger partial charge in [0.25, 0.3) is 0 Å². The summed E-state index contributed by atoms with van der Waals surface area (Å²) in [6.07, 6.45) is 4.86. The van der Waals surface area contributed by atoms with Crippen LogP contribution in [0.5, 0.6) is 0 Å². The van der Waals surface area contributed by atoms with Crippen LogP contribution in [-0.4, -0.2) is 52.1 Å². The average molecular weight is 280 g/mol. The van der Waals surface area contributed by atoms with Crippen molar-refractivity contribution in [2.45, 2.75) is 19.4 Å². The van der Waals surface area contributed by atoms with Crippen LogP contribution in [0.4, 0.5) is 11.8 Å². The SMILES string of the molecule is CCC(CSC)N(C)c1nc(NC)nc2nc[nH]c12. The number of hydrogen-bond acceptors (Lipinski definition) is 6. The predicted octanol–water partition coefficient (Wildman–Crippen LogP) is 1.97. The number of aromatic nitrogens is 4. The fourth-order valence-corrected chi connectivity index (χ4v) is 2.90. The van der Waals surface area contributed by atoms with Gasteiger partial charge in [-0.15, -0.1) is 0 Å². The Kier molecular flexibility index (Phi) is 4.47. The largest absolute Gasteiger partial charge is 0.357 e. The lowest BCUT2D eigenvalue weighted by atomic mass is 10.2. The summed E-state index contributed by atoms with van der Waals surface area (Å²) in [5.74, 6) is 2.56. The molecule has 0 saturated carbocycles. The predicted molar refractivity (Wildman–Crippen MR) is 82.1 cm³/mol. The number of nitrogens with zero attached hydrogens (tertiary/aromatic N) is 4. The molecule has 0 bridgehead atoms. The first kappa shape index (κ1) is 13.9. The Labute approximate surface area is 117 Å². The normalized spacial score (nSPS) is 12.6. The van der Waals surface area contributed by atoms with Gasteiger partial charge in [-0.2, -0.15) is 21.7 Å². The number of hydrogen-bond donors (Lipinski definition) is 2. The number of H-pyrrole nitrogens is 1. The van der Waals surface area contributed by atoms with E-state index in [4.69, 9.17) is 0 Å². The summed E-state index contributed by atoms with van der Waals surface area (Å²) in [7, 11) is 3.89. The third kappa shape index (κ3) is 2.75. The number of fused-ring (bicyclic) bond motifs is 1. The molecule has 2 aromatic heterocycles. The second kappa shape index (κ2) is 6.10. The Morgan fingerprint density at radius 3 is 2.89 bits per heavy atom. The maximum atomic E-state index is 4.57. The van der Waals surface area contributed by atoms with E-state index >= 15 is 0 Å². The number of imidazole rings is 1. The summed E-state index contributed by atoms with van der Waals surface area (Å²) < 4.78 is 0. The third-order valence-electron chi connectivity index (χ3n) is 3.20. The van der Waals surface area contributed by atoms with Crippen molar-refractivity contribution in [3.63, 3.8) is 0 Å². The van der Waals surface area contributed by atoms with Crippen LogP contribution in [-0.2, 0) is 0 Å². The molecule has 19 heavy (non-hydrogen) atoms. The highest BCUT2D eigenvalue weighted by Gasteiger charge is 2.19. The molecule has 0 saturated heterocycles. The van der Waals surface area contributed by atoms with E-state index in [0.29, 0.717) is 17.6 Å². The van der Waals surface area contributed by atoms with Gasteiger partial charge in [-0.3, -0.25) is 0 Å². The molecule has 0 spiro atoms. The van der Waals surface area contributed by atoms with Crippen LogP contribution in [0.15, 0.2) is 6.33 Å². The van der Waals surface area contributed by atoms with Crippen molar-refractivity contribution in [1.29, 1.82) is 0 Å². The molecule has 1 atom stereocenters. The maximum Gasteiger partial charge on any atom is 0.226 e. The minimum absolute atomic E-state index is 0.445. The fourth-order valence-electron chi connectivity index (χ4n) is 2.05. The summed E-state index contributed by atoms with van der Waals surface area (Å²) in [4.78, 5) is 18.5. The van der Waals surface area contributed by atoms with Crippen LogP contribution in [0.1, 0.15) is 13.3 Å². The summed E-state index contributed by atoms with van der Waals surface area (Å²) in [6.45, 7) is 2.20. The standard InChI is InChI=1S/C12H20N6S/c1-5-8(6-19-4)18(3)11-9-10(15-7-14-9)16-12(13-2)17-11/h7-8H,5-6H2,1-4H3,(H2,13,14,15,16,17). The van der Waals surface area contributed by atoms with E-state index in [1.807, 2.05) is 18.8 Å². The van der Waals surface area contributed by atoms with Crippen LogP contribution >= 0.6 is 11.8 Å². The molecule has 0 amide bonds. The van der Waals surface area contributed by atoms with Gasteiger partial charge in [-0.05, 0) is 12.7 Å². The molecule has 0 aliphatic carbocycles. The van der Waals surface area contributed by atoms with Crippen LogP contribution in [0.25, 0.3) is 11.2 Å². The Bertz CT molecular complexity index is 540. The zero-order valence-electron chi connectivity index (χ0n) is 11.8. The average Bonchev–Trinajstić information content (AvgIpc) is 2.91. The Morgan fingerprint density at radius 2 is 2.26 bits per heavy atom. The topological polar surface area (TPSA) is 69.7 Å². The number of thioether (sulfide) groups is 1. The molecule has 0 fully saturated rings. The molecule has 2 N–H and O–H groups in total. The first-order valence-corrected chi connectivity index (χ1v) is 7.71. The Morgan fingerprint density at radius 1 is 1.47 bits per heavy atom. The van der Waals surface area contributed by atoms with E-state index in [1.165, 1.54) is 0 Å². The fraction of sp³-hybridized carbons (Fsp3) is 0.583. The van der Waals surface area contributed by atoms with Crippen molar-refractivity contribution in [3.05, 3.63) is 6.33 Å². The quantitative estimate of drug-likeness (QED) is 0.843. The van der Waals surface area contributed by atoms with Crippen LogP contribution in [0.2, 0.25) is 0 Å². The lowest BCUT2D eigenvalue weighted by Crippen LogP contribution is -2.34. The van der Waals surface area contributed by atoms with Gasteiger partial charge < -0.3 is 15.2 Å². The minimum atomic E-state index is 0.445. The minimum Gasteiger partial charge on any atom is -0.357 e. The van der Waals surface area contributed by atoms with Gasteiger partial charge in [-0.25, -0.2) is 4.98 Å². The molecular formula is C12H20N6S. The number of rotatable bonds is 6. The zero-order valence-corrected chi connectivity index (χ0v) is 12.6. The molecule has 2 aromatic rings. The van der Waals surface area contributed by atoms with Gasteiger partial charge in [0.2, 0.25) is 5.95 Å². The van der Waals surface area contributed by atoms with E-state index in [-0.39, 0.29) is 0 Å². The molecule has 0 aliphatic heterocycles. The lowest BCUT2D eigenvalue weighted by molar-refractivity contribution is 0.667. The van der Waals surface area contributed by atoms with Gasteiger partial charge in [0.1, 0.15) is 5.52 Å². The number of nitrogens with one attached hydrogen (secondary N) is 2. The Balaban J connectivity index is 2.44. The highest BCUT2D eigenvalue weighted by molar-refractivity contribution is 7.98. The molecule has 0 aliphatic rings. The molecule has 104 valence electrons. The summed E-state index contributed by atoms with van der Waals surface area (Å²) >= 11 is 1.85. The van der Waals surface area contributed by atoms with Crippen LogP contribution in [0, 0.1) is 0 Å². The second-order valence-electron chi connectivity index (χ2n) is 4.35. The van der Waals surface area contributed by atoms with Crippen molar-refractivity contribution in [1.82, 2.24) is 19.9 Å². The molecule has 6 nitrogen and oxygen atoms in total. The van der Waals surface area contributed by atoms with Crippen molar-refractivity contribution in [2.24, 2.45) is 0 Å². The van der Waals surface area contributed by atoms with Gasteiger partial charge in [-0.1, -0.05) is 6.92 Å². The van der Waals surface area contributed by atoms with E-state index in [2.05, 4.69) is 50.4 Å². The summed E-state index contributed by atoms with van der Waals surface area (Å²) in [5.41, 5.74) is 1.58. The number of anilines is 2. The van der Waals surface area contributed by atoms with Crippen molar-refractivity contribution < 1.29 is 0 Å². The monoisotopic (exact) mass is 280 g/mol. The Hall–Kier alpha value is -1.50. The molecular weight excluding hydrogens is 260 g/mol.